The molecule has 19 heavy (non-hydrogen) atoms. The highest BCUT2D eigenvalue weighted by atomic mass is 19.1. The topological polar surface area (TPSA) is 43.3 Å². The van der Waals surface area contributed by atoms with E-state index >= 15 is 0 Å². The van der Waals surface area contributed by atoms with Crippen molar-refractivity contribution in [3.63, 3.8) is 0 Å². The first kappa shape index (κ1) is 11.7. The minimum Gasteiger partial charge on any atom is -0.395 e. The first-order valence-corrected chi connectivity index (χ1v) is 6.10. The normalized spacial score (nSPS) is 11.1. The van der Waals surface area contributed by atoms with Crippen molar-refractivity contribution < 1.29 is 4.39 Å². The maximum atomic E-state index is 12.9. The van der Waals surface area contributed by atoms with Crippen LogP contribution in [0.3, 0.4) is 0 Å². The van der Waals surface area contributed by atoms with E-state index in [0.29, 0.717) is 12.1 Å². The van der Waals surface area contributed by atoms with Gasteiger partial charge in [0.25, 0.3) is 0 Å². The van der Waals surface area contributed by atoms with Gasteiger partial charge in [-0.25, -0.2) is 9.37 Å². The summed E-state index contributed by atoms with van der Waals surface area (Å²) in [6.45, 7) is 1.96. The molecule has 0 fully saturated rings. The van der Waals surface area contributed by atoms with Crippen molar-refractivity contribution in [3.05, 3.63) is 65.4 Å². The monoisotopic (exact) mass is 255 g/mol. The predicted octanol–water partition coefficient (Wildman–Crippen LogP) is 2.95. The largest absolute Gasteiger partial charge is 0.395 e. The second kappa shape index (κ2) is 4.39. The van der Waals surface area contributed by atoms with Crippen LogP contribution in [0.4, 0.5) is 10.1 Å². The molecule has 0 radical (unpaired) electrons. The van der Waals surface area contributed by atoms with E-state index in [-0.39, 0.29) is 5.82 Å². The van der Waals surface area contributed by atoms with Gasteiger partial charge in [-0.2, -0.15) is 0 Å². The van der Waals surface area contributed by atoms with Crippen LogP contribution in [0.1, 0.15) is 16.8 Å². The zero-order valence-corrected chi connectivity index (χ0v) is 10.6. The lowest BCUT2D eigenvalue weighted by Crippen LogP contribution is -1.94. The Labute approximate surface area is 110 Å². The Bertz CT molecular complexity index is 729. The van der Waals surface area contributed by atoms with Crippen LogP contribution in [-0.2, 0) is 6.42 Å². The summed E-state index contributed by atoms with van der Waals surface area (Å²) in [5.74, 6) is -0.223. The number of aryl methyl sites for hydroxylation is 1. The third-order valence-corrected chi connectivity index (χ3v) is 3.23. The van der Waals surface area contributed by atoms with Crippen molar-refractivity contribution in [2.24, 2.45) is 0 Å². The molecule has 0 bridgehead atoms. The highest BCUT2D eigenvalue weighted by Crippen LogP contribution is 2.19. The number of imidazole rings is 1. The van der Waals surface area contributed by atoms with E-state index < -0.39 is 0 Å². The number of nitrogens with two attached hydrogens (primary N) is 1. The van der Waals surface area contributed by atoms with E-state index in [1.165, 1.54) is 12.1 Å². The zero-order valence-electron chi connectivity index (χ0n) is 10.6. The minimum atomic E-state index is -0.223. The third-order valence-electron chi connectivity index (χ3n) is 3.23. The number of pyridine rings is 1. The molecule has 2 aromatic heterocycles. The Morgan fingerprint density at radius 2 is 1.95 bits per heavy atom. The van der Waals surface area contributed by atoms with Crippen molar-refractivity contribution >= 4 is 11.3 Å². The summed E-state index contributed by atoms with van der Waals surface area (Å²) < 4.78 is 14.8. The van der Waals surface area contributed by atoms with Gasteiger partial charge in [0, 0.05) is 18.8 Å². The molecule has 2 heterocycles. The average Bonchev–Trinajstić information content (AvgIpc) is 2.80. The van der Waals surface area contributed by atoms with Gasteiger partial charge in [0.05, 0.1) is 11.4 Å². The van der Waals surface area contributed by atoms with Crippen LogP contribution in [0.15, 0.2) is 42.7 Å². The van der Waals surface area contributed by atoms with Crippen LogP contribution in [0.5, 0.6) is 0 Å². The van der Waals surface area contributed by atoms with Gasteiger partial charge >= 0.3 is 0 Å². The van der Waals surface area contributed by atoms with Crippen LogP contribution < -0.4 is 5.73 Å². The van der Waals surface area contributed by atoms with E-state index in [0.717, 1.165) is 22.5 Å². The molecule has 3 nitrogen and oxygen atoms in total. The molecule has 4 heteroatoms. The first-order valence-electron chi connectivity index (χ1n) is 6.10. The molecule has 2 N–H and O–H groups in total. The second-order valence-corrected chi connectivity index (χ2v) is 4.68. The SMILES string of the molecule is Cc1ccn2cc(Cc3ccc(F)cc3)nc2c1N. The molecule has 0 unspecified atom stereocenters. The smallest absolute Gasteiger partial charge is 0.160 e. The van der Waals surface area contributed by atoms with E-state index in [1.807, 2.05) is 29.8 Å². The van der Waals surface area contributed by atoms with Crippen LogP contribution >= 0.6 is 0 Å². The number of halogens is 1. The Morgan fingerprint density at radius 3 is 2.68 bits per heavy atom. The van der Waals surface area contributed by atoms with Gasteiger partial charge in [-0.1, -0.05) is 12.1 Å². The minimum absolute atomic E-state index is 0.223. The summed E-state index contributed by atoms with van der Waals surface area (Å²) >= 11 is 0. The van der Waals surface area contributed by atoms with Gasteiger partial charge < -0.3 is 10.1 Å². The maximum absolute atomic E-state index is 12.9. The number of hydrogen-bond donors (Lipinski definition) is 1. The lowest BCUT2D eigenvalue weighted by Gasteiger charge is -2.00. The fourth-order valence-corrected chi connectivity index (χ4v) is 2.11. The molecule has 0 aliphatic rings. The van der Waals surface area contributed by atoms with Gasteiger partial charge in [-0.05, 0) is 36.2 Å². The van der Waals surface area contributed by atoms with Gasteiger partial charge in [-0.15, -0.1) is 0 Å². The van der Waals surface area contributed by atoms with E-state index in [4.69, 9.17) is 5.73 Å². The maximum Gasteiger partial charge on any atom is 0.160 e. The number of benzene rings is 1. The zero-order chi connectivity index (χ0) is 13.4. The summed E-state index contributed by atoms with van der Waals surface area (Å²) in [5, 5.41) is 0. The quantitative estimate of drug-likeness (QED) is 0.765. The van der Waals surface area contributed by atoms with Crippen LogP contribution in [0.2, 0.25) is 0 Å². The number of nitrogen functional groups attached to an aromatic ring is 1. The van der Waals surface area contributed by atoms with Crippen molar-refractivity contribution in [3.8, 4) is 0 Å². The molecule has 0 saturated carbocycles. The molecule has 96 valence electrons. The van der Waals surface area contributed by atoms with Gasteiger partial charge in [0.15, 0.2) is 5.65 Å². The first-order chi connectivity index (χ1) is 9.13. The highest BCUT2D eigenvalue weighted by molar-refractivity contribution is 5.68. The number of rotatable bonds is 2. The van der Waals surface area contributed by atoms with Crippen molar-refractivity contribution in [2.45, 2.75) is 13.3 Å². The van der Waals surface area contributed by atoms with Gasteiger partial charge in [0.2, 0.25) is 0 Å². The van der Waals surface area contributed by atoms with Crippen LogP contribution in [-0.4, -0.2) is 9.38 Å². The summed E-state index contributed by atoms with van der Waals surface area (Å²) in [4.78, 5) is 4.54. The summed E-state index contributed by atoms with van der Waals surface area (Å²) in [7, 11) is 0. The average molecular weight is 255 g/mol. The van der Waals surface area contributed by atoms with E-state index in [1.54, 1.807) is 12.1 Å². The van der Waals surface area contributed by atoms with Crippen LogP contribution in [0, 0.1) is 12.7 Å². The Hall–Kier alpha value is -2.36. The van der Waals surface area contributed by atoms with Gasteiger partial charge in [0.1, 0.15) is 5.82 Å². The lowest BCUT2D eigenvalue weighted by atomic mass is 10.1. The lowest BCUT2D eigenvalue weighted by molar-refractivity contribution is 0.627. The van der Waals surface area contributed by atoms with E-state index in [9.17, 15) is 4.39 Å². The molecule has 0 spiro atoms. The Kier molecular flexibility index (Phi) is 2.71. The highest BCUT2D eigenvalue weighted by Gasteiger charge is 2.07. The summed E-state index contributed by atoms with van der Waals surface area (Å²) in [5.41, 5.74) is 10.5. The van der Waals surface area contributed by atoms with E-state index in [2.05, 4.69) is 4.98 Å². The molecule has 3 aromatic rings. The molecule has 0 amide bonds. The summed E-state index contributed by atoms with van der Waals surface area (Å²) in [6, 6.07) is 8.43. The molecule has 0 saturated heterocycles. The molecule has 0 aliphatic carbocycles. The third kappa shape index (κ3) is 2.17. The number of aromatic nitrogens is 2. The molecule has 0 atom stereocenters. The molecule has 3 rings (SSSR count). The predicted molar refractivity (Wildman–Crippen MR) is 73.5 cm³/mol. The van der Waals surface area contributed by atoms with Crippen LogP contribution in [0.25, 0.3) is 5.65 Å². The fourth-order valence-electron chi connectivity index (χ4n) is 2.11. The number of hydrogen-bond acceptors (Lipinski definition) is 2. The summed E-state index contributed by atoms with van der Waals surface area (Å²) in [6.07, 6.45) is 4.57. The molecule has 1 aromatic carbocycles. The van der Waals surface area contributed by atoms with Crippen molar-refractivity contribution in [2.75, 3.05) is 5.73 Å². The van der Waals surface area contributed by atoms with Crippen molar-refractivity contribution in [1.82, 2.24) is 9.38 Å². The van der Waals surface area contributed by atoms with Crippen molar-refractivity contribution in [1.29, 1.82) is 0 Å². The Balaban J connectivity index is 1.97. The number of fused-ring (bicyclic) bond motifs is 1. The van der Waals surface area contributed by atoms with Gasteiger partial charge in [-0.3, -0.25) is 0 Å². The molecule has 0 aliphatic heterocycles. The Morgan fingerprint density at radius 1 is 1.21 bits per heavy atom. The fraction of sp³-hybridized carbons (Fsp3) is 0.133. The number of anilines is 1. The second-order valence-electron chi connectivity index (χ2n) is 4.68. The molecular formula is C15H14FN3. The number of nitrogens with zero attached hydrogens (tertiary/aromatic N) is 2. The molecular weight excluding hydrogens is 241 g/mol. The standard InChI is InChI=1S/C15H14FN3/c1-10-6-7-19-9-13(18-15(19)14(10)17)8-11-2-4-12(16)5-3-11/h2-7,9H,8,17H2,1H3.